The summed E-state index contributed by atoms with van der Waals surface area (Å²) in [5.74, 6) is 0.706. The van der Waals surface area contributed by atoms with E-state index < -0.39 is 12.2 Å². The van der Waals surface area contributed by atoms with E-state index in [1.54, 1.807) is 37.7 Å². The fourth-order valence-electron chi connectivity index (χ4n) is 5.14. The SMILES string of the molecule is Cc1cc(O[C@H](C)C(=O)N(C)c2cccc3ccccc23)c(I)c(O[C@H](C)C(=O)N(C)c2cccc3ccccc23)c1. The molecule has 214 valence electrons. The molecule has 5 aromatic rings. The van der Waals surface area contributed by atoms with Crippen molar-refractivity contribution in [3.63, 3.8) is 0 Å². The minimum absolute atomic E-state index is 0.175. The molecule has 0 aliphatic rings. The molecule has 0 radical (unpaired) electrons. The Morgan fingerprint density at radius 1 is 0.643 bits per heavy atom. The van der Waals surface area contributed by atoms with Gasteiger partial charge in [-0.2, -0.15) is 0 Å². The average Bonchev–Trinajstić information content (AvgIpc) is 3.01. The van der Waals surface area contributed by atoms with Gasteiger partial charge in [0.15, 0.2) is 12.2 Å². The monoisotopic (exact) mass is 672 g/mol. The van der Waals surface area contributed by atoms with Crippen molar-refractivity contribution in [1.29, 1.82) is 0 Å². The number of benzene rings is 5. The van der Waals surface area contributed by atoms with Gasteiger partial charge in [-0.15, -0.1) is 0 Å². The molecule has 7 heteroatoms. The maximum Gasteiger partial charge on any atom is 0.267 e. The highest BCUT2D eigenvalue weighted by molar-refractivity contribution is 14.1. The van der Waals surface area contributed by atoms with Gasteiger partial charge in [-0.05, 0) is 84.0 Å². The molecule has 0 fully saturated rings. The topological polar surface area (TPSA) is 59.1 Å². The number of hydrogen-bond acceptors (Lipinski definition) is 4. The summed E-state index contributed by atoms with van der Waals surface area (Å²) in [4.78, 5) is 30.2. The highest BCUT2D eigenvalue weighted by atomic mass is 127. The molecule has 5 rings (SSSR count). The number of nitrogens with zero attached hydrogens (tertiary/aromatic N) is 2. The quantitative estimate of drug-likeness (QED) is 0.158. The van der Waals surface area contributed by atoms with E-state index >= 15 is 0 Å². The van der Waals surface area contributed by atoms with Crippen LogP contribution in [0.4, 0.5) is 11.4 Å². The molecule has 0 saturated heterocycles. The number of anilines is 2. The summed E-state index contributed by atoms with van der Waals surface area (Å²) in [5, 5.41) is 4.12. The predicted molar refractivity (Wildman–Crippen MR) is 179 cm³/mol. The van der Waals surface area contributed by atoms with Gasteiger partial charge < -0.3 is 19.3 Å². The predicted octanol–water partition coefficient (Wildman–Crippen LogP) is 7.77. The second kappa shape index (κ2) is 12.4. The summed E-state index contributed by atoms with van der Waals surface area (Å²) in [5.41, 5.74) is 2.53. The molecular formula is C35H33IN2O4. The number of rotatable bonds is 8. The Labute approximate surface area is 260 Å². The summed E-state index contributed by atoms with van der Waals surface area (Å²) < 4.78 is 13.1. The molecule has 42 heavy (non-hydrogen) atoms. The molecule has 2 amide bonds. The summed E-state index contributed by atoms with van der Waals surface area (Å²) >= 11 is 2.15. The van der Waals surface area contributed by atoms with Crippen molar-refractivity contribution >= 4 is 67.3 Å². The molecule has 6 nitrogen and oxygen atoms in total. The number of carbonyl (C=O) groups is 2. The number of fused-ring (bicyclic) bond motifs is 2. The third-order valence-corrected chi connectivity index (χ3v) is 8.43. The molecule has 0 aliphatic heterocycles. The van der Waals surface area contributed by atoms with E-state index in [2.05, 4.69) is 22.6 Å². The highest BCUT2D eigenvalue weighted by Gasteiger charge is 2.26. The van der Waals surface area contributed by atoms with Crippen molar-refractivity contribution in [2.45, 2.75) is 33.0 Å². The van der Waals surface area contributed by atoms with Gasteiger partial charge in [0, 0.05) is 24.9 Å². The van der Waals surface area contributed by atoms with Crippen LogP contribution in [0, 0.1) is 10.5 Å². The molecule has 0 N–H and O–H groups in total. The first-order valence-electron chi connectivity index (χ1n) is 13.8. The molecule has 0 aromatic heterocycles. The zero-order chi connectivity index (χ0) is 30.0. The molecule has 0 heterocycles. The zero-order valence-corrected chi connectivity index (χ0v) is 26.5. The summed E-state index contributed by atoms with van der Waals surface area (Å²) in [6, 6.07) is 31.5. The van der Waals surface area contributed by atoms with Gasteiger partial charge in [0.1, 0.15) is 11.5 Å². The number of hydrogen-bond donors (Lipinski definition) is 0. The first kappa shape index (κ1) is 29.4. The molecular weight excluding hydrogens is 639 g/mol. The number of aryl methyl sites for hydroxylation is 1. The standard InChI is InChI=1S/C35H33IN2O4/c1-22-20-31(41-23(2)34(39)37(4)29-18-10-14-25-12-6-8-16-27(25)29)33(36)32(21-22)42-24(3)35(40)38(5)30-19-11-15-26-13-7-9-17-28(26)30/h6-21,23-24H,1-5H3/t23-,24-/m1/s1. The van der Waals surface area contributed by atoms with Crippen molar-refractivity contribution < 1.29 is 19.1 Å². The smallest absolute Gasteiger partial charge is 0.267 e. The molecule has 0 saturated carbocycles. The van der Waals surface area contributed by atoms with Gasteiger partial charge in [0.25, 0.3) is 11.8 Å². The third kappa shape index (κ3) is 5.92. The van der Waals surface area contributed by atoms with Crippen LogP contribution in [-0.2, 0) is 9.59 Å². The first-order chi connectivity index (χ1) is 20.2. The van der Waals surface area contributed by atoms with Crippen LogP contribution in [0.2, 0.25) is 0 Å². The Kier molecular flexibility index (Phi) is 8.68. The van der Waals surface area contributed by atoms with Gasteiger partial charge in [0.2, 0.25) is 0 Å². The first-order valence-corrected chi connectivity index (χ1v) is 14.9. The van der Waals surface area contributed by atoms with Crippen LogP contribution in [0.15, 0.2) is 97.1 Å². The average molecular weight is 673 g/mol. The van der Waals surface area contributed by atoms with E-state index in [0.29, 0.717) is 15.1 Å². The Morgan fingerprint density at radius 3 is 1.45 bits per heavy atom. The van der Waals surface area contributed by atoms with Crippen LogP contribution < -0.4 is 19.3 Å². The Hall–Kier alpha value is -4.11. The minimum Gasteiger partial charge on any atom is -0.480 e. The number of carbonyl (C=O) groups excluding carboxylic acids is 2. The summed E-state index contributed by atoms with van der Waals surface area (Å²) in [6.45, 7) is 5.42. The van der Waals surface area contributed by atoms with Crippen molar-refractivity contribution in [3.8, 4) is 11.5 Å². The highest BCUT2D eigenvalue weighted by Crippen LogP contribution is 2.35. The second-order valence-corrected chi connectivity index (χ2v) is 11.5. The van der Waals surface area contributed by atoms with E-state index in [-0.39, 0.29) is 11.8 Å². The van der Waals surface area contributed by atoms with Crippen LogP contribution in [0.5, 0.6) is 11.5 Å². The molecule has 0 spiro atoms. The Bertz CT molecular complexity index is 1650. The molecule has 0 aliphatic carbocycles. The third-order valence-electron chi connectivity index (χ3n) is 7.37. The van der Waals surface area contributed by atoms with Crippen molar-refractivity contribution in [1.82, 2.24) is 0 Å². The molecule has 0 unspecified atom stereocenters. The van der Waals surface area contributed by atoms with Crippen LogP contribution >= 0.6 is 22.6 Å². The van der Waals surface area contributed by atoms with Gasteiger partial charge in [-0.1, -0.05) is 72.8 Å². The molecule has 2 atom stereocenters. The van der Waals surface area contributed by atoms with Crippen LogP contribution in [0.1, 0.15) is 19.4 Å². The van der Waals surface area contributed by atoms with E-state index in [4.69, 9.17) is 9.47 Å². The number of halogens is 1. The van der Waals surface area contributed by atoms with Crippen LogP contribution in [-0.4, -0.2) is 38.1 Å². The number of ether oxygens (including phenoxy) is 2. The second-order valence-electron chi connectivity index (χ2n) is 10.4. The van der Waals surface area contributed by atoms with Gasteiger partial charge in [-0.3, -0.25) is 9.59 Å². The lowest BCUT2D eigenvalue weighted by Crippen LogP contribution is -2.38. The van der Waals surface area contributed by atoms with E-state index in [0.717, 1.165) is 38.5 Å². The maximum atomic E-state index is 13.5. The Balaban J connectivity index is 1.33. The summed E-state index contributed by atoms with van der Waals surface area (Å²) in [7, 11) is 3.53. The zero-order valence-electron chi connectivity index (χ0n) is 24.3. The van der Waals surface area contributed by atoms with E-state index in [9.17, 15) is 9.59 Å². The number of amides is 2. The van der Waals surface area contributed by atoms with Crippen molar-refractivity contribution in [2.24, 2.45) is 0 Å². The normalized spacial score (nSPS) is 12.5. The van der Waals surface area contributed by atoms with Gasteiger partial charge in [0.05, 0.1) is 14.9 Å². The van der Waals surface area contributed by atoms with E-state index in [1.165, 1.54) is 0 Å². The lowest BCUT2D eigenvalue weighted by Gasteiger charge is -2.26. The maximum absolute atomic E-state index is 13.5. The van der Waals surface area contributed by atoms with Gasteiger partial charge >= 0.3 is 0 Å². The number of likely N-dealkylation sites (N-methyl/N-ethyl adjacent to an activating group) is 2. The lowest BCUT2D eigenvalue weighted by atomic mass is 10.1. The van der Waals surface area contributed by atoms with Gasteiger partial charge in [-0.25, -0.2) is 0 Å². The van der Waals surface area contributed by atoms with Crippen molar-refractivity contribution in [3.05, 3.63) is 106 Å². The summed E-state index contributed by atoms with van der Waals surface area (Å²) in [6.07, 6.45) is -1.51. The van der Waals surface area contributed by atoms with Crippen LogP contribution in [0.25, 0.3) is 21.5 Å². The fourth-order valence-corrected chi connectivity index (χ4v) is 5.71. The van der Waals surface area contributed by atoms with Crippen LogP contribution in [0.3, 0.4) is 0 Å². The largest absolute Gasteiger partial charge is 0.480 e. The Morgan fingerprint density at radius 2 is 1.02 bits per heavy atom. The van der Waals surface area contributed by atoms with Crippen molar-refractivity contribution in [2.75, 3.05) is 23.9 Å². The minimum atomic E-state index is -0.756. The molecule has 0 bridgehead atoms. The lowest BCUT2D eigenvalue weighted by molar-refractivity contribution is -0.124. The fraction of sp³-hybridized carbons (Fsp3) is 0.200. The van der Waals surface area contributed by atoms with E-state index in [1.807, 2.05) is 104 Å². The molecule has 5 aromatic carbocycles.